The molecule has 32 heavy (non-hydrogen) atoms. The minimum absolute atomic E-state index is 0.102. The molecule has 1 saturated heterocycles. The Hall–Kier alpha value is -2.31. The van der Waals surface area contributed by atoms with Crippen LogP contribution in [0.15, 0.2) is 58.5 Å². The van der Waals surface area contributed by atoms with Gasteiger partial charge < -0.3 is 4.90 Å². The second kappa shape index (κ2) is 10.5. The smallest absolute Gasteiger partial charge is 0.266 e. The summed E-state index contributed by atoms with van der Waals surface area (Å²) in [5.74, 6) is 1.78. The van der Waals surface area contributed by atoms with Crippen molar-refractivity contribution in [2.24, 2.45) is 5.92 Å². The highest BCUT2D eigenvalue weighted by atomic mass is 35.5. The van der Waals surface area contributed by atoms with Crippen molar-refractivity contribution in [3.63, 3.8) is 0 Å². The molecule has 0 unspecified atom stereocenters. The lowest BCUT2D eigenvalue weighted by atomic mass is 9.99. The van der Waals surface area contributed by atoms with Crippen LogP contribution in [0.1, 0.15) is 39.0 Å². The van der Waals surface area contributed by atoms with Gasteiger partial charge in [0, 0.05) is 30.3 Å². The van der Waals surface area contributed by atoms with Gasteiger partial charge in [0.1, 0.15) is 0 Å². The second-order valence-corrected chi connectivity index (χ2v) is 9.90. The van der Waals surface area contributed by atoms with Crippen LogP contribution in [-0.2, 0) is 4.79 Å². The van der Waals surface area contributed by atoms with Gasteiger partial charge in [-0.25, -0.2) is 4.98 Å². The summed E-state index contributed by atoms with van der Waals surface area (Å²) in [5.41, 5.74) is 1.29. The number of amides is 1. The average Bonchev–Trinajstić information content (AvgIpc) is 2.79. The van der Waals surface area contributed by atoms with Gasteiger partial charge >= 0.3 is 0 Å². The Morgan fingerprint density at radius 1 is 1.12 bits per heavy atom. The van der Waals surface area contributed by atoms with Crippen LogP contribution in [0.2, 0.25) is 5.02 Å². The van der Waals surface area contributed by atoms with Crippen molar-refractivity contribution >= 4 is 40.2 Å². The third-order valence-electron chi connectivity index (χ3n) is 5.96. The van der Waals surface area contributed by atoms with Gasteiger partial charge in [-0.05, 0) is 61.9 Å². The number of aromatic nitrogens is 2. The zero-order valence-corrected chi connectivity index (χ0v) is 19.9. The van der Waals surface area contributed by atoms with Crippen LogP contribution in [-0.4, -0.2) is 39.2 Å². The molecule has 5 nitrogen and oxygen atoms in total. The molecule has 0 bridgehead atoms. The van der Waals surface area contributed by atoms with E-state index in [2.05, 4.69) is 6.92 Å². The monoisotopic (exact) mass is 469 g/mol. The number of nitrogens with zero attached hydrogens (tertiary/aromatic N) is 3. The number of hydrogen-bond acceptors (Lipinski definition) is 4. The van der Waals surface area contributed by atoms with Crippen LogP contribution in [0.3, 0.4) is 0 Å². The molecule has 2 aromatic carbocycles. The number of thioether (sulfide) groups is 1. The van der Waals surface area contributed by atoms with Crippen LogP contribution in [0.4, 0.5) is 0 Å². The molecule has 1 fully saturated rings. The molecule has 0 radical (unpaired) electrons. The van der Waals surface area contributed by atoms with E-state index in [-0.39, 0.29) is 11.5 Å². The summed E-state index contributed by atoms with van der Waals surface area (Å²) in [6.45, 7) is 4.03. The molecule has 1 aliphatic heterocycles. The molecule has 2 heterocycles. The predicted octanol–water partition coefficient (Wildman–Crippen LogP) is 5.56. The number of carbonyl (C=O) groups excluding carboxylic acids is 1. The van der Waals surface area contributed by atoms with Gasteiger partial charge in [-0.2, -0.15) is 0 Å². The third-order valence-corrected chi connectivity index (χ3v) is 7.22. The number of hydrogen-bond donors (Lipinski definition) is 0. The minimum atomic E-state index is -0.102. The molecular formula is C25H28ClN3O2S. The first-order valence-electron chi connectivity index (χ1n) is 11.2. The lowest BCUT2D eigenvalue weighted by molar-refractivity contribution is -0.132. The van der Waals surface area contributed by atoms with Crippen LogP contribution >= 0.6 is 23.4 Å². The van der Waals surface area contributed by atoms with Crippen molar-refractivity contribution in [2.75, 3.05) is 18.8 Å². The van der Waals surface area contributed by atoms with E-state index in [9.17, 15) is 9.59 Å². The summed E-state index contributed by atoms with van der Waals surface area (Å²) < 4.78 is 1.64. The number of halogens is 1. The average molecular weight is 470 g/mol. The first-order chi connectivity index (χ1) is 15.5. The number of unbranched alkanes of at least 4 members (excludes halogenated alkanes) is 1. The predicted molar refractivity (Wildman–Crippen MR) is 132 cm³/mol. The van der Waals surface area contributed by atoms with E-state index in [4.69, 9.17) is 16.6 Å². The fraction of sp³-hybridized carbons (Fsp3) is 0.400. The van der Waals surface area contributed by atoms with Gasteiger partial charge in [0.25, 0.3) is 5.56 Å². The van der Waals surface area contributed by atoms with E-state index in [1.54, 1.807) is 34.5 Å². The summed E-state index contributed by atoms with van der Waals surface area (Å²) in [6, 6.07) is 14.7. The van der Waals surface area contributed by atoms with Gasteiger partial charge in [-0.15, -0.1) is 0 Å². The summed E-state index contributed by atoms with van der Waals surface area (Å²) >= 11 is 7.73. The SMILES string of the molecule is CC1CCN(C(=O)CCCCSc2nc3ccccc3c(=O)n2-c2cccc(Cl)c2)CC1. The molecule has 3 aromatic rings. The molecule has 1 amide bonds. The fourth-order valence-corrected chi connectivity index (χ4v) is 5.21. The molecule has 0 saturated carbocycles. The van der Waals surface area contributed by atoms with Crippen LogP contribution in [0.25, 0.3) is 16.6 Å². The lowest BCUT2D eigenvalue weighted by Crippen LogP contribution is -2.37. The maximum Gasteiger partial charge on any atom is 0.266 e. The van der Waals surface area contributed by atoms with Gasteiger partial charge in [0.05, 0.1) is 16.6 Å². The molecule has 1 aliphatic rings. The summed E-state index contributed by atoms with van der Waals surface area (Å²) in [4.78, 5) is 32.5. The number of piperidine rings is 1. The van der Waals surface area contributed by atoms with Gasteiger partial charge in [-0.1, -0.05) is 48.5 Å². The summed E-state index contributed by atoms with van der Waals surface area (Å²) in [6.07, 6.45) is 4.53. The topological polar surface area (TPSA) is 55.2 Å². The first-order valence-corrected chi connectivity index (χ1v) is 12.6. The molecule has 0 spiro atoms. The lowest BCUT2D eigenvalue weighted by Gasteiger charge is -2.30. The van der Waals surface area contributed by atoms with Gasteiger partial charge in [0.2, 0.25) is 5.91 Å². The van der Waals surface area contributed by atoms with Gasteiger partial charge in [0.15, 0.2) is 5.16 Å². The van der Waals surface area contributed by atoms with Crippen molar-refractivity contribution in [1.82, 2.24) is 14.5 Å². The number of rotatable bonds is 7. The molecule has 0 atom stereocenters. The Morgan fingerprint density at radius 2 is 1.91 bits per heavy atom. The summed E-state index contributed by atoms with van der Waals surface area (Å²) in [7, 11) is 0. The van der Waals surface area contributed by atoms with Crippen molar-refractivity contribution in [3.05, 3.63) is 63.9 Å². The number of para-hydroxylation sites is 1. The van der Waals surface area contributed by atoms with Crippen LogP contribution in [0.5, 0.6) is 0 Å². The van der Waals surface area contributed by atoms with E-state index in [0.29, 0.717) is 33.2 Å². The normalized spacial score (nSPS) is 14.8. The molecule has 168 valence electrons. The van der Waals surface area contributed by atoms with Crippen molar-refractivity contribution < 1.29 is 4.79 Å². The van der Waals surface area contributed by atoms with Crippen LogP contribution in [0, 0.1) is 5.92 Å². The quantitative estimate of drug-likeness (QED) is 0.258. The maximum atomic E-state index is 13.3. The molecule has 0 aliphatic carbocycles. The number of benzene rings is 2. The standard InChI is InChI=1S/C25H28ClN3O2S/c1-18-12-14-28(15-13-18)23(30)11-4-5-16-32-25-27-22-10-3-2-9-21(22)24(31)29(25)20-8-6-7-19(26)17-20/h2-3,6-10,17-18H,4-5,11-16H2,1H3. The molecule has 0 N–H and O–H groups in total. The number of fused-ring (bicyclic) bond motifs is 1. The Bertz CT molecular complexity index is 1160. The van der Waals surface area contributed by atoms with Crippen molar-refractivity contribution in [3.8, 4) is 5.69 Å². The Labute approximate surface area is 197 Å². The molecule has 7 heteroatoms. The zero-order valence-electron chi connectivity index (χ0n) is 18.3. The maximum absolute atomic E-state index is 13.3. The summed E-state index contributed by atoms with van der Waals surface area (Å²) in [5, 5.41) is 1.80. The number of carbonyl (C=O) groups is 1. The fourth-order valence-electron chi connectivity index (χ4n) is 4.01. The largest absolute Gasteiger partial charge is 0.343 e. The first kappa shape index (κ1) is 22.9. The van der Waals surface area contributed by atoms with Crippen molar-refractivity contribution in [1.29, 1.82) is 0 Å². The molecule has 1 aromatic heterocycles. The molecular weight excluding hydrogens is 442 g/mol. The zero-order chi connectivity index (χ0) is 22.5. The van der Waals surface area contributed by atoms with E-state index >= 15 is 0 Å². The van der Waals surface area contributed by atoms with E-state index in [1.165, 1.54) is 0 Å². The van der Waals surface area contributed by atoms with Crippen LogP contribution < -0.4 is 5.56 Å². The highest BCUT2D eigenvalue weighted by molar-refractivity contribution is 7.99. The highest BCUT2D eigenvalue weighted by Gasteiger charge is 2.19. The van der Waals surface area contributed by atoms with E-state index in [1.807, 2.05) is 35.2 Å². The van der Waals surface area contributed by atoms with Crippen molar-refractivity contribution in [2.45, 2.75) is 44.2 Å². The van der Waals surface area contributed by atoms with E-state index < -0.39 is 0 Å². The minimum Gasteiger partial charge on any atom is -0.343 e. The molecule has 4 rings (SSSR count). The van der Waals surface area contributed by atoms with Gasteiger partial charge in [-0.3, -0.25) is 14.2 Å². The third kappa shape index (κ3) is 5.36. The Kier molecular flexibility index (Phi) is 7.53. The number of likely N-dealkylation sites (tertiary alicyclic amines) is 1. The van der Waals surface area contributed by atoms with E-state index in [0.717, 1.165) is 50.4 Å². The highest BCUT2D eigenvalue weighted by Crippen LogP contribution is 2.24. The Morgan fingerprint density at radius 3 is 2.69 bits per heavy atom. The second-order valence-electron chi connectivity index (χ2n) is 8.40. The Balaban J connectivity index is 1.44.